The molecule has 0 amide bonds. The number of rotatable bonds is 6. The van der Waals surface area contributed by atoms with Crippen molar-refractivity contribution >= 4 is 8.56 Å². The zero-order valence-electron chi connectivity index (χ0n) is 8.72. The Morgan fingerprint density at radius 1 is 1.17 bits per heavy atom. The molecule has 0 spiro atoms. The normalized spacial score (nSPS) is 14.8. The molecule has 0 saturated heterocycles. The summed E-state index contributed by atoms with van der Waals surface area (Å²) in [5, 5.41) is 0. The monoisotopic (exact) mass is 192 g/mol. The van der Waals surface area contributed by atoms with E-state index in [-0.39, 0.29) is 6.29 Å². The van der Waals surface area contributed by atoms with Crippen molar-refractivity contribution < 1.29 is 13.6 Å². The zero-order valence-corrected chi connectivity index (χ0v) is 9.72. The molecule has 1 unspecified atom stereocenters. The van der Waals surface area contributed by atoms with Gasteiger partial charge in [-0.25, -0.2) is 0 Å². The molecular weight excluding hydrogens is 172 g/mol. The summed E-state index contributed by atoms with van der Waals surface area (Å²) in [5.41, 5.74) is 0. The molecule has 0 aromatic heterocycles. The first kappa shape index (κ1) is 12.1. The largest absolute Gasteiger partial charge is 0.395 e. The highest BCUT2D eigenvalue weighted by atomic mass is 28.4. The van der Waals surface area contributed by atoms with Crippen LogP contribution in [0.25, 0.3) is 0 Å². The van der Waals surface area contributed by atoms with Crippen LogP contribution >= 0.6 is 0 Å². The van der Waals surface area contributed by atoms with Gasteiger partial charge in [0.1, 0.15) is 6.29 Å². The number of hydrogen-bond acceptors (Lipinski definition) is 3. The van der Waals surface area contributed by atoms with E-state index in [0.29, 0.717) is 13.2 Å². The summed E-state index contributed by atoms with van der Waals surface area (Å²) in [6, 6.07) is 0. The molecule has 4 heteroatoms. The highest BCUT2D eigenvalue weighted by molar-refractivity contribution is 6.64. The van der Waals surface area contributed by atoms with Gasteiger partial charge < -0.3 is 13.6 Å². The van der Waals surface area contributed by atoms with E-state index in [1.165, 1.54) is 0 Å². The van der Waals surface area contributed by atoms with Crippen LogP contribution in [0.15, 0.2) is 0 Å². The third kappa shape index (κ3) is 5.71. The smallest absolute Gasteiger partial charge is 0.333 e. The maximum absolute atomic E-state index is 5.61. The van der Waals surface area contributed by atoms with Crippen LogP contribution < -0.4 is 0 Å². The summed E-state index contributed by atoms with van der Waals surface area (Å²) >= 11 is 0. The van der Waals surface area contributed by atoms with Gasteiger partial charge in [-0.05, 0) is 33.9 Å². The SMILES string of the molecule is CCOC(C)O[Si](C)(C)OCC. The quantitative estimate of drug-likeness (QED) is 0.476. The van der Waals surface area contributed by atoms with Gasteiger partial charge in [-0.1, -0.05) is 0 Å². The second kappa shape index (κ2) is 5.69. The molecule has 12 heavy (non-hydrogen) atoms. The molecule has 0 aromatic rings. The third-order valence-electron chi connectivity index (χ3n) is 1.34. The van der Waals surface area contributed by atoms with E-state index >= 15 is 0 Å². The minimum atomic E-state index is -1.93. The van der Waals surface area contributed by atoms with Crippen LogP contribution in [0.4, 0.5) is 0 Å². The summed E-state index contributed by atoms with van der Waals surface area (Å²) in [6.45, 7) is 11.3. The van der Waals surface area contributed by atoms with Crippen LogP contribution in [-0.4, -0.2) is 28.1 Å². The molecule has 0 fully saturated rings. The Morgan fingerprint density at radius 3 is 2.17 bits per heavy atom. The lowest BCUT2D eigenvalue weighted by atomic mass is 10.7. The van der Waals surface area contributed by atoms with Crippen molar-refractivity contribution in [3.8, 4) is 0 Å². The van der Waals surface area contributed by atoms with Gasteiger partial charge in [0, 0.05) is 13.2 Å². The Balaban J connectivity index is 3.70. The molecule has 0 bridgehead atoms. The Bertz CT molecular complexity index is 117. The summed E-state index contributed by atoms with van der Waals surface area (Å²) < 4.78 is 16.4. The summed E-state index contributed by atoms with van der Waals surface area (Å²) in [5.74, 6) is 0. The lowest BCUT2D eigenvalue weighted by Gasteiger charge is -2.25. The molecule has 0 aromatic carbocycles. The van der Waals surface area contributed by atoms with Gasteiger partial charge in [0.25, 0.3) is 0 Å². The summed E-state index contributed by atoms with van der Waals surface area (Å²) in [7, 11) is -1.93. The first-order valence-electron chi connectivity index (χ1n) is 4.45. The van der Waals surface area contributed by atoms with E-state index in [1.807, 2.05) is 33.9 Å². The molecule has 0 heterocycles. The van der Waals surface area contributed by atoms with Crippen LogP contribution in [0.3, 0.4) is 0 Å². The van der Waals surface area contributed by atoms with Crippen molar-refractivity contribution in [2.45, 2.75) is 40.2 Å². The first-order chi connectivity index (χ1) is 5.52. The molecule has 0 aliphatic carbocycles. The lowest BCUT2D eigenvalue weighted by molar-refractivity contribution is -0.0804. The van der Waals surface area contributed by atoms with E-state index in [4.69, 9.17) is 13.6 Å². The lowest BCUT2D eigenvalue weighted by Crippen LogP contribution is -2.39. The maximum atomic E-state index is 5.61. The average molecular weight is 192 g/mol. The maximum Gasteiger partial charge on any atom is 0.333 e. The van der Waals surface area contributed by atoms with Crippen LogP contribution in [0.1, 0.15) is 20.8 Å². The third-order valence-corrected chi connectivity index (χ3v) is 3.23. The van der Waals surface area contributed by atoms with E-state index in [9.17, 15) is 0 Å². The molecule has 74 valence electrons. The van der Waals surface area contributed by atoms with Gasteiger partial charge in [-0.3, -0.25) is 0 Å². The minimum absolute atomic E-state index is 0.150. The van der Waals surface area contributed by atoms with E-state index in [1.54, 1.807) is 0 Å². The second-order valence-electron chi connectivity index (χ2n) is 2.97. The highest BCUT2D eigenvalue weighted by Gasteiger charge is 2.26. The van der Waals surface area contributed by atoms with Crippen molar-refractivity contribution in [2.75, 3.05) is 13.2 Å². The van der Waals surface area contributed by atoms with Crippen molar-refractivity contribution in [1.29, 1.82) is 0 Å². The van der Waals surface area contributed by atoms with Gasteiger partial charge in [0.2, 0.25) is 0 Å². The first-order valence-corrected chi connectivity index (χ1v) is 7.27. The zero-order chi connectivity index (χ0) is 9.61. The van der Waals surface area contributed by atoms with Gasteiger partial charge in [0.05, 0.1) is 0 Å². The Morgan fingerprint density at radius 2 is 1.75 bits per heavy atom. The molecule has 0 N–H and O–H groups in total. The van der Waals surface area contributed by atoms with Crippen molar-refractivity contribution in [3.63, 3.8) is 0 Å². The van der Waals surface area contributed by atoms with Crippen molar-refractivity contribution in [2.24, 2.45) is 0 Å². The Hall–Kier alpha value is 0.0969. The molecule has 3 nitrogen and oxygen atoms in total. The van der Waals surface area contributed by atoms with Crippen LogP contribution in [0.5, 0.6) is 0 Å². The fourth-order valence-corrected chi connectivity index (χ4v) is 2.68. The van der Waals surface area contributed by atoms with Crippen molar-refractivity contribution in [1.82, 2.24) is 0 Å². The Labute approximate surface area is 76.3 Å². The van der Waals surface area contributed by atoms with Gasteiger partial charge in [-0.15, -0.1) is 0 Å². The van der Waals surface area contributed by atoms with Crippen LogP contribution in [0.2, 0.25) is 13.1 Å². The van der Waals surface area contributed by atoms with E-state index in [2.05, 4.69) is 0 Å². The predicted molar refractivity (Wildman–Crippen MR) is 51.3 cm³/mol. The van der Waals surface area contributed by atoms with Crippen LogP contribution in [-0.2, 0) is 13.6 Å². The van der Waals surface area contributed by atoms with Gasteiger partial charge in [-0.2, -0.15) is 0 Å². The molecular formula is C8H20O3Si. The van der Waals surface area contributed by atoms with E-state index in [0.717, 1.165) is 0 Å². The number of hydrogen-bond donors (Lipinski definition) is 0. The fourth-order valence-electron chi connectivity index (χ4n) is 1.05. The minimum Gasteiger partial charge on any atom is -0.395 e. The standard InChI is InChI=1S/C8H20O3Si/c1-6-9-8(3)11-12(4,5)10-7-2/h8H,6-7H2,1-5H3. The second-order valence-corrected chi connectivity index (χ2v) is 6.30. The summed E-state index contributed by atoms with van der Waals surface area (Å²) in [4.78, 5) is 0. The average Bonchev–Trinajstić information content (AvgIpc) is 1.85. The molecule has 1 atom stereocenters. The topological polar surface area (TPSA) is 27.7 Å². The van der Waals surface area contributed by atoms with Gasteiger partial charge in [0.15, 0.2) is 0 Å². The molecule has 0 aliphatic rings. The molecule has 0 radical (unpaired) electrons. The fraction of sp³-hybridized carbons (Fsp3) is 1.00. The van der Waals surface area contributed by atoms with Crippen molar-refractivity contribution in [3.05, 3.63) is 0 Å². The van der Waals surface area contributed by atoms with E-state index < -0.39 is 8.56 Å². The van der Waals surface area contributed by atoms with Crippen LogP contribution in [0, 0.1) is 0 Å². The van der Waals surface area contributed by atoms with Gasteiger partial charge >= 0.3 is 8.56 Å². The molecule has 0 aliphatic heterocycles. The predicted octanol–water partition coefficient (Wildman–Crippen LogP) is 2.12. The molecule has 0 rings (SSSR count). The summed E-state index contributed by atoms with van der Waals surface area (Å²) in [6.07, 6.45) is -0.150. The number of ether oxygens (including phenoxy) is 1. The molecule has 0 saturated carbocycles. The Kier molecular flexibility index (Phi) is 5.74. The highest BCUT2D eigenvalue weighted by Crippen LogP contribution is 2.10.